The van der Waals surface area contributed by atoms with Crippen LogP contribution in [0.4, 0.5) is 10.6 Å². The van der Waals surface area contributed by atoms with Crippen molar-refractivity contribution in [3.8, 4) is 0 Å². The Morgan fingerprint density at radius 1 is 1.15 bits per heavy atom. The van der Waals surface area contributed by atoms with Gasteiger partial charge in [-0.15, -0.1) is 11.3 Å². The molecule has 0 aliphatic heterocycles. The molecule has 3 heterocycles. The Bertz CT molecular complexity index is 1270. The maximum atomic E-state index is 11.9. The van der Waals surface area contributed by atoms with Gasteiger partial charge in [0.1, 0.15) is 16.9 Å². The fraction of sp³-hybridized carbons (Fsp3) is 0.400. The van der Waals surface area contributed by atoms with Crippen molar-refractivity contribution in [1.29, 1.82) is 0 Å². The molecule has 0 saturated carbocycles. The Morgan fingerprint density at radius 2 is 1.88 bits per heavy atom. The second-order valence-corrected chi connectivity index (χ2v) is 10.1. The molecule has 0 spiro atoms. The Labute approximate surface area is 198 Å². The molecule has 1 amide bonds. The summed E-state index contributed by atoms with van der Waals surface area (Å²) in [6, 6.07) is 10.3. The summed E-state index contributed by atoms with van der Waals surface area (Å²) in [6.07, 6.45) is 2.66. The number of nitrogens with two attached hydrogens (primary N) is 1. The molecular formula is C25H31N5O2S. The predicted octanol–water partition coefficient (Wildman–Crippen LogP) is 5.64. The average molecular weight is 466 g/mol. The molecule has 0 saturated heterocycles. The molecular weight excluding hydrogens is 434 g/mol. The van der Waals surface area contributed by atoms with Gasteiger partial charge in [-0.25, -0.2) is 14.8 Å². The minimum atomic E-state index is -0.510. The smallest absolute Gasteiger partial charge is 0.407 e. The summed E-state index contributed by atoms with van der Waals surface area (Å²) >= 11 is 1.67. The number of hydrogen-bond acceptors (Lipinski definition) is 6. The first kappa shape index (κ1) is 23.0. The molecule has 33 heavy (non-hydrogen) atoms. The molecule has 0 aliphatic carbocycles. The number of aromatic nitrogens is 3. The van der Waals surface area contributed by atoms with Gasteiger partial charge in [0, 0.05) is 19.5 Å². The summed E-state index contributed by atoms with van der Waals surface area (Å²) < 4.78 is 8.71. The van der Waals surface area contributed by atoms with E-state index in [0.29, 0.717) is 18.9 Å². The molecule has 0 aliphatic rings. The van der Waals surface area contributed by atoms with Gasteiger partial charge in [0.15, 0.2) is 5.82 Å². The van der Waals surface area contributed by atoms with E-state index in [1.54, 1.807) is 11.3 Å². The highest BCUT2D eigenvalue weighted by Crippen LogP contribution is 2.33. The number of ether oxygens (including phenoxy) is 1. The lowest BCUT2D eigenvalue weighted by Crippen LogP contribution is -2.32. The van der Waals surface area contributed by atoms with Gasteiger partial charge in [0.05, 0.1) is 15.7 Å². The molecule has 7 nitrogen and oxygen atoms in total. The number of nitrogens with zero attached hydrogens (tertiary/aromatic N) is 3. The summed E-state index contributed by atoms with van der Waals surface area (Å²) in [5.74, 6) is 1.52. The van der Waals surface area contributed by atoms with Crippen LogP contribution in [0, 0.1) is 0 Å². The third kappa shape index (κ3) is 5.27. The number of aryl methyl sites for hydroxylation is 1. The SMILES string of the molecule is CCCCc1nc2c(N)nc3ccsc3c2n1Cc1ccc(CNC(=O)OC(C)(C)C)cc1. The van der Waals surface area contributed by atoms with Crippen LogP contribution < -0.4 is 11.1 Å². The number of carbonyl (C=O) groups excluding carboxylic acids is 1. The number of anilines is 1. The molecule has 3 N–H and O–H groups in total. The number of nitrogens with one attached hydrogen (secondary N) is 1. The highest BCUT2D eigenvalue weighted by Gasteiger charge is 2.18. The van der Waals surface area contributed by atoms with Crippen molar-refractivity contribution in [2.24, 2.45) is 0 Å². The standard InChI is InChI=1S/C25H31N5O2S/c1-5-6-7-19-29-20-21(22-18(12-13-33-22)28-23(20)26)30(19)15-17-10-8-16(9-11-17)14-27-24(31)32-25(2,3)4/h8-13H,5-7,14-15H2,1-4H3,(H2,26,28)(H,27,31). The Kier molecular flexibility index (Phi) is 6.56. The first-order valence-electron chi connectivity index (χ1n) is 11.3. The van der Waals surface area contributed by atoms with E-state index in [4.69, 9.17) is 15.5 Å². The summed E-state index contributed by atoms with van der Waals surface area (Å²) in [6.45, 7) is 8.86. The molecule has 174 valence electrons. The lowest BCUT2D eigenvalue weighted by atomic mass is 10.1. The first-order valence-corrected chi connectivity index (χ1v) is 12.2. The summed E-state index contributed by atoms with van der Waals surface area (Å²) in [5.41, 5.74) is 10.7. The molecule has 0 atom stereocenters. The number of amides is 1. The Morgan fingerprint density at radius 3 is 2.58 bits per heavy atom. The van der Waals surface area contributed by atoms with Crippen LogP contribution >= 0.6 is 11.3 Å². The van der Waals surface area contributed by atoms with E-state index in [2.05, 4.69) is 33.9 Å². The monoisotopic (exact) mass is 465 g/mol. The molecule has 4 aromatic rings. The van der Waals surface area contributed by atoms with Crippen LogP contribution in [0.5, 0.6) is 0 Å². The molecule has 8 heteroatoms. The second kappa shape index (κ2) is 9.39. The van der Waals surface area contributed by atoms with Gasteiger partial charge in [-0.2, -0.15) is 0 Å². The zero-order valence-corrected chi connectivity index (χ0v) is 20.5. The molecule has 4 rings (SSSR count). The maximum Gasteiger partial charge on any atom is 0.407 e. The van der Waals surface area contributed by atoms with Crippen LogP contribution in [0.3, 0.4) is 0 Å². The van der Waals surface area contributed by atoms with E-state index in [9.17, 15) is 4.79 Å². The van der Waals surface area contributed by atoms with Gasteiger partial charge >= 0.3 is 6.09 Å². The number of benzene rings is 1. The number of pyridine rings is 1. The average Bonchev–Trinajstić information content (AvgIpc) is 3.35. The number of fused-ring (bicyclic) bond motifs is 3. The highest BCUT2D eigenvalue weighted by molar-refractivity contribution is 7.18. The predicted molar refractivity (Wildman–Crippen MR) is 135 cm³/mol. The van der Waals surface area contributed by atoms with Crippen LogP contribution in [0.25, 0.3) is 21.3 Å². The Hall–Kier alpha value is -3.13. The molecule has 0 bridgehead atoms. The number of rotatable bonds is 7. The zero-order chi connectivity index (χ0) is 23.6. The van der Waals surface area contributed by atoms with Gasteiger partial charge in [0.2, 0.25) is 0 Å². The summed E-state index contributed by atoms with van der Waals surface area (Å²) in [5, 5.41) is 4.85. The lowest BCUT2D eigenvalue weighted by Gasteiger charge is -2.19. The van der Waals surface area contributed by atoms with E-state index in [0.717, 1.165) is 57.5 Å². The van der Waals surface area contributed by atoms with Gasteiger partial charge in [-0.05, 0) is 49.8 Å². The van der Waals surface area contributed by atoms with E-state index in [1.165, 1.54) is 0 Å². The van der Waals surface area contributed by atoms with Crippen LogP contribution in [-0.2, 0) is 24.2 Å². The first-order chi connectivity index (χ1) is 15.7. The summed E-state index contributed by atoms with van der Waals surface area (Å²) in [7, 11) is 0. The quantitative estimate of drug-likeness (QED) is 0.368. The molecule has 3 aromatic heterocycles. The summed E-state index contributed by atoms with van der Waals surface area (Å²) in [4.78, 5) is 21.3. The lowest BCUT2D eigenvalue weighted by molar-refractivity contribution is 0.0523. The van der Waals surface area contributed by atoms with Crippen molar-refractivity contribution >= 4 is 44.5 Å². The van der Waals surface area contributed by atoms with Gasteiger partial charge in [-0.3, -0.25) is 0 Å². The minimum absolute atomic E-state index is 0.414. The third-order valence-corrected chi connectivity index (χ3v) is 6.25. The van der Waals surface area contributed by atoms with Crippen LogP contribution in [0.1, 0.15) is 57.5 Å². The maximum absolute atomic E-state index is 11.9. The molecule has 1 aromatic carbocycles. The second-order valence-electron chi connectivity index (χ2n) is 9.22. The molecule has 0 fully saturated rings. The number of hydrogen-bond donors (Lipinski definition) is 2. The fourth-order valence-electron chi connectivity index (χ4n) is 3.79. The van der Waals surface area contributed by atoms with Crippen molar-refractivity contribution in [3.63, 3.8) is 0 Å². The third-order valence-electron chi connectivity index (χ3n) is 5.34. The van der Waals surface area contributed by atoms with Crippen molar-refractivity contribution in [2.45, 2.75) is 65.6 Å². The zero-order valence-electron chi connectivity index (χ0n) is 19.6. The van der Waals surface area contributed by atoms with E-state index >= 15 is 0 Å². The van der Waals surface area contributed by atoms with Crippen molar-refractivity contribution in [1.82, 2.24) is 19.9 Å². The fourth-order valence-corrected chi connectivity index (χ4v) is 4.67. The number of alkyl carbamates (subject to hydrolysis) is 1. The topological polar surface area (TPSA) is 95.1 Å². The van der Waals surface area contributed by atoms with Gasteiger partial charge in [-0.1, -0.05) is 37.6 Å². The van der Waals surface area contributed by atoms with Crippen molar-refractivity contribution in [2.75, 3.05) is 5.73 Å². The van der Waals surface area contributed by atoms with E-state index in [1.807, 2.05) is 44.4 Å². The van der Waals surface area contributed by atoms with Crippen LogP contribution in [0.2, 0.25) is 0 Å². The van der Waals surface area contributed by atoms with Gasteiger partial charge < -0.3 is 20.4 Å². The number of imidazole rings is 1. The van der Waals surface area contributed by atoms with E-state index < -0.39 is 11.7 Å². The largest absolute Gasteiger partial charge is 0.444 e. The normalized spacial score (nSPS) is 11.9. The number of thiophene rings is 1. The van der Waals surface area contributed by atoms with E-state index in [-0.39, 0.29) is 0 Å². The molecule has 0 radical (unpaired) electrons. The van der Waals surface area contributed by atoms with Crippen LogP contribution in [-0.4, -0.2) is 26.2 Å². The number of unbranched alkanes of at least 4 members (excludes halogenated alkanes) is 1. The van der Waals surface area contributed by atoms with Crippen LogP contribution in [0.15, 0.2) is 35.7 Å². The minimum Gasteiger partial charge on any atom is -0.444 e. The highest BCUT2D eigenvalue weighted by atomic mass is 32.1. The molecule has 0 unspecified atom stereocenters. The van der Waals surface area contributed by atoms with Gasteiger partial charge in [0.25, 0.3) is 0 Å². The van der Waals surface area contributed by atoms with Crippen molar-refractivity contribution < 1.29 is 9.53 Å². The number of carbonyl (C=O) groups is 1. The number of nitrogen functional groups attached to an aromatic ring is 1. The Balaban J connectivity index is 1.58. The van der Waals surface area contributed by atoms with Crippen molar-refractivity contribution in [3.05, 3.63) is 52.7 Å².